The number of benzene rings is 1. The molecule has 2 heteroatoms. The number of hydrogen-bond donors (Lipinski definition) is 1. The van der Waals surface area contributed by atoms with Crippen LogP contribution in [-0.2, 0) is 5.41 Å². The summed E-state index contributed by atoms with van der Waals surface area (Å²) in [5.74, 6) is 1.03. The van der Waals surface area contributed by atoms with Crippen LogP contribution in [0.4, 0.5) is 0 Å². The molecule has 21 heavy (non-hydrogen) atoms. The summed E-state index contributed by atoms with van der Waals surface area (Å²) in [6.45, 7) is 15.2. The molecular formula is C19H31NO. The van der Waals surface area contributed by atoms with E-state index < -0.39 is 0 Å². The molecule has 0 aromatic heterocycles. The molecule has 0 amide bonds. The number of aryl methyl sites for hydroxylation is 1. The maximum absolute atomic E-state index is 6.20. The first-order valence-corrected chi connectivity index (χ1v) is 8.15. The number of hydrogen-bond acceptors (Lipinski definition) is 2. The van der Waals surface area contributed by atoms with Crippen LogP contribution >= 0.6 is 0 Å². The lowest BCUT2D eigenvalue weighted by atomic mass is 9.85. The molecule has 2 rings (SSSR count). The molecule has 1 aromatic rings. The van der Waals surface area contributed by atoms with Crippen molar-refractivity contribution in [2.45, 2.75) is 65.8 Å². The summed E-state index contributed by atoms with van der Waals surface area (Å²) in [6, 6.07) is 7.28. The van der Waals surface area contributed by atoms with Crippen molar-refractivity contribution in [2.75, 3.05) is 13.2 Å². The lowest BCUT2D eigenvalue weighted by molar-refractivity contribution is 0.173. The van der Waals surface area contributed by atoms with Gasteiger partial charge in [-0.05, 0) is 36.8 Å². The SMILES string of the molecule is Cc1ccc(OCC(C)(C)CNC2CC2)c(C(C)(C)C)c1. The van der Waals surface area contributed by atoms with Crippen molar-refractivity contribution in [3.63, 3.8) is 0 Å². The predicted octanol–water partition coefficient (Wildman–Crippen LogP) is 4.45. The predicted molar refractivity (Wildman–Crippen MR) is 90.2 cm³/mol. The smallest absolute Gasteiger partial charge is 0.123 e. The minimum atomic E-state index is 0.109. The van der Waals surface area contributed by atoms with Gasteiger partial charge in [0.15, 0.2) is 0 Å². The monoisotopic (exact) mass is 289 g/mol. The Kier molecular flexibility index (Phi) is 4.67. The van der Waals surface area contributed by atoms with Crippen LogP contribution in [-0.4, -0.2) is 19.2 Å². The van der Waals surface area contributed by atoms with Gasteiger partial charge in [-0.15, -0.1) is 0 Å². The minimum Gasteiger partial charge on any atom is -0.493 e. The van der Waals surface area contributed by atoms with Crippen molar-refractivity contribution in [3.8, 4) is 5.75 Å². The molecule has 0 atom stereocenters. The second-order valence-corrected chi connectivity index (χ2v) is 8.36. The third-order valence-corrected chi connectivity index (χ3v) is 4.01. The lowest BCUT2D eigenvalue weighted by Gasteiger charge is -2.28. The fourth-order valence-corrected chi connectivity index (χ4v) is 2.39. The molecular weight excluding hydrogens is 258 g/mol. The van der Waals surface area contributed by atoms with Crippen molar-refractivity contribution < 1.29 is 4.74 Å². The Hall–Kier alpha value is -1.02. The third-order valence-electron chi connectivity index (χ3n) is 4.01. The van der Waals surface area contributed by atoms with Crippen molar-refractivity contribution in [2.24, 2.45) is 5.41 Å². The highest BCUT2D eigenvalue weighted by Gasteiger charge is 2.26. The van der Waals surface area contributed by atoms with Gasteiger partial charge in [-0.1, -0.05) is 52.3 Å². The first-order valence-electron chi connectivity index (χ1n) is 8.15. The van der Waals surface area contributed by atoms with Gasteiger partial charge in [0, 0.05) is 18.0 Å². The quantitative estimate of drug-likeness (QED) is 0.835. The summed E-state index contributed by atoms with van der Waals surface area (Å²) in [6.07, 6.45) is 2.67. The molecule has 1 saturated carbocycles. The highest BCUT2D eigenvalue weighted by atomic mass is 16.5. The molecule has 1 N–H and O–H groups in total. The largest absolute Gasteiger partial charge is 0.493 e. The Morgan fingerprint density at radius 2 is 1.81 bits per heavy atom. The molecule has 0 spiro atoms. The highest BCUT2D eigenvalue weighted by Crippen LogP contribution is 2.33. The zero-order valence-corrected chi connectivity index (χ0v) is 14.5. The standard InChI is InChI=1S/C19H31NO/c1-14-7-10-17(16(11-14)18(2,3)4)21-13-19(5,6)12-20-15-8-9-15/h7,10-11,15,20H,8-9,12-13H2,1-6H3. The van der Waals surface area contributed by atoms with E-state index in [-0.39, 0.29) is 10.8 Å². The van der Waals surface area contributed by atoms with Crippen LogP contribution in [0.1, 0.15) is 58.6 Å². The molecule has 1 fully saturated rings. The number of ether oxygens (including phenoxy) is 1. The Balaban J connectivity index is 2.01. The molecule has 0 heterocycles. The van der Waals surface area contributed by atoms with E-state index in [0.717, 1.165) is 24.9 Å². The van der Waals surface area contributed by atoms with Gasteiger partial charge in [0.25, 0.3) is 0 Å². The molecule has 0 radical (unpaired) electrons. The third kappa shape index (κ3) is 5.03. The minimum absolute atomic E-state index is 0.109. The fraction of sp³-hybridized carbons (Fsp3) is 0.684. The van der Waals surface area contributed by atoms with Gasteiger partial charge in [-0.3, -0.25) is 0 Å². The van der Waals surface area contributed by atoms with E-state index >= 15 is 0 Å². The summed E-state index contributed by atoms with van der Waals surface area (Å²) < 4.78 is 6.20. The number of nitrogens with one attached hydrogen (secondary N) is 1. The molecule has 0 unspecified atom stereocenters. The summed E-state index contributed by atoms with van der Waals surface area (Å²) in [5, 5.41) is 3.61. The Morgan fingerprint density at radius 3 is 2.38 bits per heavy atom. The van der Waals surface area contributed by atoms with Crippen LogP contribution in [0.5, 0.6) is 5.75 Å². The van der Waals surface area contributed by atoms with Gasteiger partial charge >= 0.3 is 0 Å². The van der Waals surface area contributed by atoms with Gasteiger partial charge in [0.1, 0.15) is 5.75 Å². The first-order chi connectivity index (χ1) is 9.67. The van der Waals surface area contributed by atoms with Crippen molar-refractivity contribution >= 4 is 0 Å². The van der Waals surface area contributed by atoms with Gasteiger partial charge in [-0.2, -0.15) is 0 Å². The highest BCUT2D eigenvalue weighted by molar-refractivity contribution is 5.41. The van der Waals surface area contributed by atoms with Gasteiger partial charge in [0.2, 0.25) is 0 Å². The second-order valence-electron chi connectivity index (χ2n) is 8.36. The van der Waals surface area contributed by atoms with Crippen LogP contribution < -0.4 is 10.1 Å². The van der Waals surface area contributed by atoms with Crippen molar-refractivity contribution in [3.05, 3.63) is 29.3 Å². The molecule has 0 aliphatic heterocycles. The van der Waals surface area contributed by atoms with Crippen LogP contribution in [0, 0.1) is 12.3 Å². The topological polar surface area (TPSA) is 21.3 Å². The van der Waals surface area contributed by atoms with E-state index in [1.54, 1.807) is 0 Å². The zero-order valence-electron chi connectivity index (χ0n) is 14.5. The summed E-state index contributed by atoms with van der Waals surface area (Å²) in [5.41, 5.74) is 2.86. The van der Waals surface area contributed by atoms with E-state index in [2.05, 4.69) is 65.1 Å². The second kappa shape index (κ2) is 6.00. The van der Waals surface area contributed by atoms with Gasteiger partial charge < -0.3 is 10.1 Å². The zero-order chi connectivity index (χ0) is 15.7. The summed E-state index contributed by atoms with van der Waals surface area (Å²) in [4.78, 5) is 0. The Morgan fingerprint density at radius 1 is 1.14 bits per heavy atom. The van der Waals surface area contributed by atoms with E-state index in [4.69, 9.17) is 4.74 Å². The number of rotatable bonds is 6. The summed E-state index contributed by atoms with van der Waals surface area (Å²) in [7, 11) is 0. The maximum Gasteiger partial charge on any atom is 0.123 e. The molecule has 1 aromatic carbocycles. The summed E-state index contributed by atoms with van der Waals surface area (Å²) >= 11 is 0. The van der Waals surface area contributed by atoms with Gasteiger partial charge in [-0.25, -0.2) is 0 Å². The lowest BCUT2D eigenvalue weighted by Crippen LogP contribution is -2.35. The Labute approximate surface area is 130 Å². The maximum atomic E-state index is 6.20. The van der Waals surface area contributed by atoms with Crippen LogP contribution in [0.3, 0.4) is 0 Å². The molecule has 0 saturated heterocycles. The van der Waals surface area contributed by atoms with Crippen LogP contribution in [0.25, 0.3) is 0 Å². The van der Waals surface area contributed by atoms with Crippen LogP contribution in [0.2, 0.25) is 0 Å². The molecule has 1 aliphatic carbocycles. The molecule has 118 valence electrons. The van der Waals surface area contributed by atoms with Crippen LogP contribution in [0.15, 0.2) is 18.2 Å². The van der Waals surface area contributed by atoms with Crippen molar-refractivity contribution in [1.29, 1.82) is 0 Å². The normalized spacial score (nSPS) is 16.1. The Bertz CT molecular complexity index is 481. The van der Waals surface area contributed by atoms with Gasteiger partial charge in [0.05, 0.1) is 6.61 Å². The van der Waals surface area contributed by atoms with E-state index in [9.17, 15) is 0 Å². The molecule has 2 nitrogen and oxygen atoms in total. The van der Waals surface area contributed by atoms with Crippen molar-refractivity contribution in [1.82, 2.24) is 5.32 Å². The van der Waals surface area contributed by atoms with E-state index in [1.165, 1.54) is 24.0 Å². The average molecular weight is 289 g/mol. The molecule has 1 aliphatic rings. The molecule has 0 bridgehead atoms. The van der Waals surface area contributed by atoms with E-state index in [1.807, 2.05) is 0 Å². The fourth-order valence-electron chi connectivity index (χ4n) is 2.39. The first kappa shape index (κ1) is 16.4. The average Bonchev–Trinajstić information content (AvgIpc) is 3.18. The van der Waals surface area contributed by atoms with E-state index in [0.29, 0.717) is 0 Å².